The number of carbonyl (C=O) groups excluding carboxylic acids is 1. The van der Waals surface area contributed by atoms with E-state index in [0.29, 0.717) is 12.4 Å². The fraction of sp³-hybridized carbons (Fsp3) is 0.909. The van der Waals surface area contributed by atoms with Crippen molar-refractivity contribution in [2.75, 3.05) is 13.7 Å². The van der Waals surface area contributed by atoms with Crippen LogP contribution in [0.1, 0.15) is 33.1 Å². The molecule has 0 aliphatic heterocycles. The summed E-state index contributed by atoms with van der Waals surface area (Å²) >= 11 is 0. The molecule has 14 heavy (non-hydrogen) atoms. The second-order valence-electron chi connectivity index (χ2n) is 4.84. The van der Waals surface area contributed by atoms with Gasteiger partial charge in [-0.1, -0.05) is 13.8 Å². The molecule has 1 aliphatic rings. The van der Waals surface area contributed by atoms with Crippen LogP contribution in [0.15, 0.2) is 0 Å². The standard InChI is InChI=1S/C11H21NO2/c1-11(2)6-4-8(10(11)13)9(12)5-7-14-3/h8-9H,4-7,12H2,1-3H3. The maximum Gasteiger partial charge on any atom is 0.143 e. The smallest absolute Gasteiger partial charge is 0.143 e. The molecule has 0 aromatic heterocycles. The average Bonchev–Trinajstić information content (AvgIpc) is 2.39. The third kappa shape index (κ3) is 2.34. The molecule has 1 saturated carbocycles. The molecule has 0 bridgehead atoms. The van der Waals surface area contributed by atoms with Crippen LogP contribution in [0.25, 0.3) is 0 Å². The van der Waals surface area contributed by atoms with Crippen LogP contribution in [0.3, 0.4) is 0 Å². The van der Waals surface area contributed by atoms with Crippen LogP contribution in [0.5, 0.6) is 0 Å². The van der Waals surface area contributed by atoms with Crippen molar-refractivity contribution in [3.8, 4) is 0 Å². The summed E-state index contributed by atoms with van der Waals surface area (Å²) in [4.78, 5) is 11.9. The lowest BCUT2D eigenvalue weighted by Crippen LogP contribution is -2.36. The first kappa shape index (κ1) is 11.7. The zero-order valence-electron chi connectivity index (χ0n) is 9.38. The normalized spacial score (nSPS) is 28.0. The number of Topliss-reactive ketones (excluding diaryl/α,β-unsaturated/α-hetero) is 1. The summed E-state index contributed by atoms with van der Waals surface area (Å²) in [6.45, 7) is 4.67. The van der Waals surface area contributed by atoms with Crippen molar-refractivity contribution in [3.05, 3.63) is 0 Å². The van der Waals surface area contributed by atoms with Gasteiger partial charge in [-0.25, -0.2) is 0 Å². The van der Waals surface area contributed by atoms with Gasteiger partial charge >= 0.3 is 0 Å². The van der Waals surface area contributed by atoms with E-state index in [0.717, 1.165) is 19.3 Å². The molecule has 1 fully saturated rings. The highest BCUT2D eigenvalue weighted by Gasteiger charge is 2.42. The van der Waals surface area contributed by atoms with Gasteiger partial charge in [-0.2, -0.15) is 0 Å². The van der Waals surface area contributed by atoms with Gasteiger partial charge in [0.05, 0.1) is 0 Å². The fourth-order valence-corrected chi connectivity index (χ4v) is 2.14. The zero-order valence-corrected chi connectivity index (χ0v) is 9.38. The van der Waals surface area contributed by atoms with Crippen molar-refractivity contribution >= 4 is 5.78 Å². The average molecular weight is 199 g/mol. The van der Waals surface area contributed by atoms with Crippen LogP contribution in [0.2, 0.25) is 0 Å². The SMILES string of the molecule is COCCC(N)C1CCC(C)(C)C1=O. The van der Waals surface area contributed by atoms with Crippen LogP contribution in [0.4, 0.5) is 0 Å². The van der Waals surface area contributed by atoms with Gasteiger partial charge in [-0.15, -0.1) is 0 Å². The molecule has 3 nitrogen and oxygen atoms in total. The second-order valence-corrected chi connectivity index (χ2v) is 4.84. The Labute approximate surface area is 86.0 Å². The van der Waals surface area contributed by atoms with Crippen molar-refractivity contribution in [3.63, 3.8) is 0 Å². The number of methoxy groups -OCH3 is 1. The Morgan fingerprint density at radius 2 is 2.29 bits per heavy atom. The lowest BCUT2D eigenvalue weighted by molar-refractivity contribution is -0.128. The van der Waals surface area contributed by atoms with Crippen LogP contribution in [-0.2, 0) is 9.53 Å². The molecule has 82 valence electrons. The molecule has 0 aromatic carbocycles. The minimum atomic E-state index is -0.157. The van der Waals surface area contributed by atoms with Gasteiger partial charge in [0.15, 0.2) is 0 Å². The summed E-state index contributed by atoms with van der Waals surface area (Å²) in [6, 6.07) is -0.0239. The molecule has 0 heterocycles. The Bertz CT molecular complexity index is 213. The molecule has 3 heteroatoms. The summed E-state index contributed by atoms with van der Waals surface area (Å²) < 4.78 is 4.97. The van der Waals surface area contributed by atoms with E-state index in [9.17, 15) is 4.79 Å². The number of hydrogen-bond acceptors (Lipinski definition) is 3. The fourth-order valence-electron chi connectivity index (χ4n) is 2.14. The molecule has 1 aliphatic carbocycles. The topological polar surface area (TPSA) is 52.3 Å². The summed E-state index contributed by atoms with van der Waals surface area (Å²) in [6.07, 6.45) is 2.69. The maximum absolute atomic E-state index is 11.9. The Hall–Kier alpha value is -0.410. The minimum Gasteiger partial charge on any atom is -0.385 e. The van der Waals surface area contributed by atoms with Crippen LogP contribution in [-0.4, -0.2) is 25.5 Å². The predicted molar refractivity (Wildman–Crippen MR) is 56.0 cm³/mol. The molecule has 0 aromatic rings. The van der Waals surface area contributed by atoms with E-state index in [2.05, 4.69) is 0 Å². The van der Waals surface area contributed by atoms with E-state index in [1.54, 1.807) is 7.11 Å². The Kier molecular flexibility index (Phi) is 3.67. The number of ketones is 1. The number of rotatable bonds is 4. The third-order valence-corrected chi connectivity index (χ3v) is 3.26. The van der Waals surface area contributed by atoms with Gasteiger partial charge in [0, 0.05) is 31.1 Å². The summed E-state index contributed by atoms with van der Waals surface area (Å²) in [7, 11) is 1.66. The molecule has 1 rings (SSSR count). The molecular weight excluding hydrogens is 178 g/mol. The molecule has 0 spiro atoms. The molecule has 0 radical (unpaired) electrons. The predicted octanol–water partition coefficient (Wildman–Crippen LogP) is 1.36. The Balaban J connectivity index is 2.50. The highest BCUT2D eigenvalue weighted by atomic mass is 16.5. The second kappa shape index (κ2) is 4.41. The molecule has 2 N–H and O–H groups in total. The zero-order chi connectivity index (χ0) is 10.8. The Morgan fingerprint density at radius 1 is 1.64 bits per heavy atom. The Morgan fingerprint density at radius 3 is 2.71 bits per heavy atom. The van der Waals surface area contributed by atoms with Gasteiger partial charge in [0.1, 0.15) is 5.78 Å². The van der Waals surface area contributed by atoms with Gasteiger partial charge < -0.3 is 10.5 Å². The first-order valence-electron chi connectivity index (χ1n) is 5.28. The van der Waals surface area contributed by atoms with E-state index in [1.807, 2.05) is 13.8 Å². The van der Waals surface area contributed by atoms with Crippen LogP contribution in [0, 0.1) is 11.3 Å². The van der Waals surface area contributed by atoms with E-state index in [4.69, 9.17) is 10.5 Å². The summed E-state index contributed by atoms with van der Waals surface area (Å²) in [5, 5.41) is 0. The van der Waals surface area contributed by atoms with Crippen molar-refractivity contribution in [2.45, 2.75) is 39.2 Å². The molecular formula is C11H21NO2. The highest BCUT2D eigenvalue weighted by Crippen LogP contribution is 2.39. The molecule has 0 amide bonds. The number of hydrogen-bond donors (Lipinski definition) is 1. The first-order chi connectivity index (χ1) is 6.49. The monoisotopic (exact) mass is 199 g/mol. The van der Waals surface area contributed by atoms with E-state index < -0.39 is 0 Å². The van der Waals surface area contributed by atoms with Gasteiger partial charge in [0.25, 0.3) is 0 Å². The number of carbonyl (C=O) groups is 1. The quantitative estimate of drug-likeness (QED) is 0.743. The summed E-state index contributed by atoms with van der Waals surface area (Å²) in [5.74, 6) is 0.390. The van der Waals surface area contributed by atoms with Crippen molar-refractivity contribution < 1.29 is 9.53 Å². The lowest BCUT2D eigenvalue weighted by atomic mass is 9.86. The minimum absolute atomic E-state index is 0.0239. The van der Waals surface area contributed by atoms with Crippen molar-refractivity contribution in [2.24, 2.45) is 17.1 Å². The van der Waals surface area contributed by atoms with Crippen LogP contribution < -0.4 is 5.73 Å². The molecule has 0 saturated heterocycles. The van der Waals surface area contributed by atoms with Gasteiger partial charge in [0.2, 0.25) is 0 Å². The largest absolute Gasteiger partial charge is 0.385 e. The maximum atomic E-state index is 11.9. The number of ether oxygens (including phenoxy) is 1. The van der Waals surface area contributed by atoms with Gasteiger partial charge in [-0.3, -0.25) is 4.79 Å². The first-order valence-corrected chi connectivity index (χ1v) is 5.28. The van der Waals surface area contributed by atoms with E-state index >= 15 is 0 Å². The number of nitrogens with two attached hydrogens (primary N) is 1. The third-order valence-electron chi connectivity index (χ3n) is 3.26. The molecule has 2 atom stereocenters. The highest BCUT2D eigenvalue weighted by molar-refractivity contribution is 5.88. The van der Waals surface area contributed by atoms with E-state index in [1.165, 1.54) is 0 Å². The van der Waals surface area contributed by atoms with Crippen molar-refractivity contribution in [1.82, 2.24) is 0 Å². The summed E-state index contributed by atoms with van der Waals surface area (Å²) in [5.41, 5.74) is 5.82. The van der Waals surface area contributed by atoms with Gasteiger partial charge in [-0.05, 0) is 19.3 Å². The lowest BCUT2D eigenvalue weighted by Gasteiger charge is -2.20. The molecule has 2 unspecified atom stereocenters. The van der Waals surface area contributed by atoms with E-state index in [-0.39, 0.29) is 17.4 Å². The van der Waals surface area contributed by atoms with Crippen molar-refractivity contribution in [1.29, 1.82) is 0 Å². The van der Waals surface area contributed by atoms with Crippen LogP contribution >= 0.6 is 0 Å².